The van der Waals surface area contributed by atoms with Crippen molar-refractivity contribution in [3.05, 3.63) is 51.9 Å². The van der Waals surface area contributed by atoms with Crippen molar-refractivity contribution < 1.29 is 0 Å². The molecule has 0 heterocycles. The molecule has 0 spiro atoms. The summed E-state index contributed by atoms with van der Waals surface area (Å²) in [5, 5.41) is 3.48. The molecule has 3 nitrogen and oxygen atoms in total. The Morgan fingerprint density at radius 3 is 2.62 bits per heavy atom. The molecule has 0 atom stereocenters. The summed E-state index contributed by atoms with van der Waals surface area (Å²) in [6.45, 7) is 2.40. The van der Waals surface area contributed by atoms with Crippen LogP contribution in [0, 0.1) is 0 Å². The minimum Gasteiger partial charge on any atom is -0.0893 e. The molecule has 0 aromatic heterocycles. The third-order valence-electron chi connectivity index (χ3n) is 1.66. The lowest BCUT2D eigenvalue weighted by atomic mass is 10.1. The molecular formula is C10H11N3. The first-order chi connectivity index (χ1) is 6.36. The Labute approximate surface area is 77.3 Å². The highest BCUT2D eigenvalue weighted by atomic mass is 15.1. The molecule has 0 bridgehead atoms. The van der Waals surface area contributed by atoms with Gasteiger partial charge in [0.15, 0.2) is 0 Å². The maximum Gasteiger partial charge on any atom is 0.0510 e. The Balaban J connectivity index is 2.74. The first-order valence-corrected chi connectivity index (χ1v) is 4.09. The number of hydrogen-bond donors (Lipinski definition) is 0. The molecule has 0 aliphatic rings. The van der Waals surface area contributed by atoms with Crippen molar-refractivity contribution >= 4 is 6.08 Å². The predicted octanol–water partition coefficient (Wildman–Crippen LogP) is 3.53. The quantitative estimate of drug-likeness (QED) is 0.381. The zero-order chi connectivity index (χ0) is 9.52. The highest BCUT2D eigenvalue weighted by Crippen LogP contribution is 2.07. The molecule has 0 saturated heterocycles. The van der Waals surface area contributed by atoms with E-state index in [2.05, 4.69) is 10.0 Å². The Morgan fingerprint density at radius 2 is 2.08 bits per heavy atom. The van der Waals surface area contributed by atoms with Crippen LogP contribution in [0.2, 0.25) is 0 Å². The number of nitrogens with zero attached hydrogens (tertiary/aromatic N) is 3. The van der Waals surface area contributed by atoms with Crippen LogP contribution in [-0.4, -0.2) is 0 Å². The van der Waals surface area contributed by atoms with Crippen LogP contribution in [0.5, 0.6) is 0 Å². The van der Waals surface area contributed by atoms with Gasteiger partial charge in [0.25, 0.3) is 0 Å². The van der Waals surface area contributed by atoms with E-state index in [1.807, 2.05) is 43.3 Å². The summed E-state index contributed by atoms with van der Waals surface area (Å²) in [7, 11) is 0. The van der Waals surface area contributed by atoms with Gasteiger partial charge >= 0.3 is 0 Å². The lowest BCUT2D eigenvalue weighted by Gasteiger charge is -1.96. The van der Waals surface area contributed by atoms with E-state index in [1.165, 1.54) is 0 Å². The first-order valence-electron chi connectivity index (χ1n) is 4.09. The Kier molecular flexibility index (Phi) is 3.61. The van der Waals surface area contributed by atoms with Crippen LogP contribution in [0.4, 0.5) is 0 Å². The summed E-state index contributed by atoms with van der Waals surface area (Å²) < 4.78 is 0. The molecule has 3 heteroatoms. The number of rotatable bonds is 3. The van der Waals surface area contributed by atoms with Gasteiger partial charge in [-0.25, -0.2) is 0 Å². The van der Waals surface area contributed by atoms with Crippen LogP contribution in [0.15, 0.2) is 35.5 Å². The van der Waals surface area contributed by atoms with E-state index in [1.54, 1.807) is 0 Å². The average molecular weight is 173 g/mol. The van der Waals surface area contributed by atoms with Gasteiger partial charge in [0, 0.05) is 4.91 Å². The number of allylic oxidation sites excluding steroid dienone is 1. The molecule has 1 aromatic carbocycles. The average Bonchev–Trinajstić information content (AvgIpc) is 2.17. The van der Waals surface area contributed by atoms with Crippen molar-refractivity contribution in [2.75, 3.05) is 0 Å². The molecule has 0 unspecified atom stereocenters. The van der Waals surface area contributed by atoms with E-state index >= 15 is 0 Å². The molecular weight excluding hydrogens is 162 g/mol. The van der Waals surface area contributed by atoms with Crippen molar-refractivity contribution in [2.45, 2.75) is 13.5 Å². The third-order valence-corrected chi connectivity index (χ3v) is 1.66. The largest absolute Gasteiger partial charge is 0.0893 e. The molecule has 0 aliphatic heterocycles. The summed E-state index contributed by atoms with van der Waals surface area (Å²) in [4.78, 5) is 2.70. The van der Waals surface area contributed by atoms with Crippen LogP contribution in [0.1, 0.15) is 18.1 Å². The summed E-state index contributed by atoms with van der Waals surface area (Å²) in [5.41, 5.74) is 10.3. The normalized spacial score (nSPS) is 9.92. The van der Waals surface area contributed by atoms with Crippen LogP contribution in [0.3, 0.4) is 0 Å². The molecule has 1 rings (SSSR count). The molecule has 0 amide bonds. The smallest absolute Gasteiger partial charge is 0.0510 e. The molecule has 0 radical (unpaired) electrons. The van der Waals surface area contributed by atoms with E-state index in [0.29, 0.717) is 6.54 Å². The zero-order valence-corrected chi connectivity index (χ0v) is 7.51. The van der Waals surface area contributed by atoms with Crippen LogP contribution >= 0.6 is 0 Å². The number of hydrogen-bond acceptors (Lipinski definition) is 1. The predicted molar refractivity (Wildman–Crippen MR) is 54.0 cm³/mol. The lowest BCUT2D eigenvalue weighted by molar-refractivity contribution is 1.05. The minimum absolute atomic E-state index is 0.423. The highest BCUT2D eigenvalue weighted by Gasteiger charge is 1.89. The van der Waals surface area contributed by atoms with Gasteiger partial charge in [0.2, 0.25) is 0 Å². The van der Waals surface area contributed by atoms with Crippen LogP contribution in [0.25, 0.3) is 16.5 Å². The summed E-state index contributed by atoms with van der Waals surface area (Å²) in [6, 6.07) is 7.93. The fraction of sp³-hybridized carbons (Fsp3) is 0.200. The van der Waals surface area contributed by atoms with Crippen molar-refractivity contribution in [1.29, 1.82) is 0 Å². The van der Waals surface area contributed by atoms with E-state index in [-0.39, 0.29) is 0 Å². The van der Waals surface area contributed by atoms with Gasteiger partial charge in [0.1, 0.15) is 0 Å². The Hall–Kier alpha value is -1.73. The van der Waals surface area contributed by atoms with Gasteiger partial charge in [-0.05, 0) is 23.6 Å². The standard InChI is InChI=1S/C10H11N3/c1-2-3-9-4-6-10(7-5-9)8-12-13-11/h2-7H,8H2,1H3/b3-2+. The van der Waals surface area contributed by atoms with Crippen molar-refractivity contribution in [3.63, 3.8) is 0 Å². The van der Waals surface area contributed by atoms with Crippen molar-refractivity contribution in [2.24, 2.45) is 5.11 Å². The molecule has 0 aliphatic carbocycles. The van der Waals surface area contributed by atoms with Crippen LogP contribution < -0.4 is 0 Å². The summed E-state index contributed by atoms with van der Waals surface area (Å²) in [5.74, 6) is 0. The topological polar surface area (TPSA) is 48.8 Å². The van der Waals surface area contributed by atoms with Crippen molar-refractivity contribution in [1.82, 2.24) is 0 Å². The van der Waals surface area contributed by atoms with Crippen LogP contribution in [-0.2, 0) is 6.54 Å². The Morgan fingerprint density at radius 1 is 1.38 bits per heavy atom. The second-order valence-electron chi connectivity index (χ2n) is 2.63. The second kappa shape index (κ2) is 5.01. The second-order valence-corrected chi connectivity index (χ2v) is 2.63. The number of azide groups is 1. The molecule has 66 valence electrons. The highest BCUT2D eigenvalue weighted by molar-refractivity contribution is 5.49. The molecule has 0 N–H and O–H groups in total. The molecule has 0 saturated carbocycles. The van der Waals surface area contributed by atoms with Gasteiger partial charge in [-0.2, -0.15) is 0 Å². The van der Waals surface area contributed by atoms with Gasteiger partial charge in [-0.15, -0.1) is 0 Å². The molecule has 0 fully saturated rings. The monoisotopic (exact) mass is 173 g/mol. The van der Waals surface area contributed by atoms with E-state index < -0.39 is 0 Å². The Bertz CT molecular complexity index is 332. The van der Waals surface area contributed by atoms with Gasteiger partial charge in [-0.3, -0.25) is 0 Å². The van der Waals surface area contributed by atoms with E-state index in [4.69, 9.17) is 5.53 Å². The minimum atomic E-state index is 0.423. The summed E-state index contributed by atoms with van der Waals surface area (Å²) in [6.07, 6.45) is 4.01. The fourth-order valence-electron chi connectivity index (χ4n) is 1.04. The van der Waals surface area contributed by atoms with E-state index in [0.717, 1.165) is 11.1 Å². The third kappa shape index (κ3) is 3.01. The SMILES string of the molecule is C/C=C/c1ccc(CN=[N+]=[N-])cc1. The van der Waals surface area contributed by atoms with E-state index in [9.17, 15) is 0 Å². The molecule has 1 aromatic rings. The maximum absolute atomic E-state index is 8.11. The fourth-order valence-corrected chi connectivity index (χ4v) is 1.04. The molecule has 13 heavy (non-hydrogen) atoms. The zero-order valence-electron chi connectivity index (χ0n) is 7.51. The summed E-state index contributed by atoms with van der Waals surface area (Å²) >= 11 is 0. The van der Waals surface area contributed by atoms with Gasteiger partial charge < -0.3 is 0 Å². The maximum atomic E-state index is 8.11. The van der Waals surface area contributed by atoms with Gasteiger partial charge in [-0.1, -0.05) is 41.5 Å². The number of benzene rings is 1. The van der Waals surface area contributed by atoms with Gasteiger partial charge in [0.05, 0.1) is 6.54 Å². The lowest BCUT2D eigenvalue weighted by Crippen LogP contribution is -1.79. The first kappa shape index (κ1) is 9.36. The van der Waals surface area contributed by atoms with Crippen molar-refractivity contribution in [3.8, 4) is 0 Å².